The van der Waals surface area contributed by atoms with Crippen molar-refractivity contribution >= 4 is 0 Å². The van der Waals surface area contributed by atoms with Crippen LogP contribution in [0.4, 0.5) is 0 Å². The Labute approximate surface area is 91.1 Å². The molecule has 0 spiro atoms. The topological polar surface area (TPSA) is 47.1 Å². The maximum Gasteiger partial charge on any atom is 0.122 e. The van der Waals surface area contributed by atoms with Crippen molar-refractivity contribution in [1.82, 2.24) is 14.5 Å². The van der Waals surface area contributed by atoms with Gasteiger partial charge in [0.25, 0.3) is 0 Å². The molecule has 15 heavy (non-hydrogen) atoms. The summed E-state index contributed by atoms with van der Waals surface area (Å²) in [5, 5.41) is 0. The Balaban J connectivity index is 1.95. The monoisotopic (exact) mass is 208 g/mol. The molecule has 1 aliphatic carbocycles. The predicted molar refractivity (Wildman–Crippen MR) is 60.2 cm³/mol. The minimum absolute atomic E-state index is 0.529. The lowest BCUT2D eigenvalue weighted by Gasteiger charge is -2.26. The third-order valence-electron chi connectivity index (χ3n) is 3.29. The summed E-state index contributed by atoms with van der Waals surface area (Å²) in [5.41, 5.74) is 5.81. The van der Waals surface area contributed by atoms with Gasteiger partial charge < -0.3 is 10.3 Å². The van der Waals surface area contributed by atoms with Gasteiger partial charge in [0.1, 0.15) is 5.82 Å². The van der Waals surface area contributed by atoms with E-state index < -0.39 is 0 Å². The Morgan fingerprint density at radius 1 is 1.67 bits per heavy atom. The van der Waals surface area contributed by atoms with E-state index in [1.54, 1.807) is 0 Å². The van der Waals surface area contributed by atoms with E-state index in [0.29, 0.717) is 6.04 Å². The molecule has 1 unspecified atom stereocenters. The van der Waals surface area contributed by atoms with Gasteiger partial charge in [0.05, 0.1) is 6.54 Å². The van der Waals surface area contributed by atoms with Gasteiger partial charge >= 0.3 is 0 Å². The van der Waals surface area contributed by atoms with Gasteiger partial charge in [0.2, 0.25) is 0 Å². The summed E-state index contributed by atoms with van der Waals surface area (Å²) in [6, 6.07) is 0.529. The first kappa shape index (κ1) is 10.6. The average Bonchev–Trinajstić information content (AvgIpc) is 2.95. The molecule has 0 saturated heterocycles. The molecule has 1 aromatic heterocycles. The van der Waals surface area contributed by atoms with E-state index in [9.17, 15) is 0 Å². The number of rotatable bonds is 5. The maximum atomic E-state index is 5.81. The summed E-state index contributed by atoms with van der Waals surface area (Å²) in [5.74, 6) is 1.93. The van der Waals surface area contributed by atoms with Crippen molar-refractivity contribution in [3.63, 3.8) is 0 Å². The van der Waals surface area contributed by atoms with Crippen LogP contribution in [0, 0.1) is 5.92 Å². The third-order valence-corrected chi connectivity index (χ3v) is 3.29. The van der Waals surface area contributed by atoms with Crippen LogP contribution < -0.4 is 5.73 Å². The smallest absolute Gasteiger partial charge is 0.122 e. The normalized spacial score (nSPS) is 18.4. The van der Waals surface area contributed by atoms with Crippen LogP contribution in [0.15, 0.2) is 12.4 Å². The molecule has 4 heteroatoms. The number of nitrogens with zero attached hydrogens (tertiary/aromatic N) is 3. The van der Waals surface area contributed by atoms with E-state index in [4.69, 9.17) is 5.73 Å². The van der Waals surface area contributed by atoms with Crippen molar-refractivity contribution in [2.75, 3.05) is 13.6 Å². The largest absolute Gasteiger partial charge is 0.337 e. The van der Waals surface area contributed by atoms with Gasteiger partial charge in [0, 0.05) is 32.0 Å². The second kappa shape index (κ2) is 4.33. The Morgan fingerprint density at radius 2 is 2.40 bits per heavy atom. The highest BCUT2D eigenvalue weighted by Crippen LogP contribution is 2.34. The first-order valence-corrected chi connectivity index (χ1v) is 5.59. The lowest BCUT2D eigenvalue weighted by molar-refractivity contribution is 0.209. The molecule has 2 N–H and O–H groups in total. The van der Waals surface area contributed by atoms with Gasteiger partial charge in [-0.05, 0) is 25.8 Å². The van der Waals surface area contributed by atoms with Gasteiger partial charge in [0.15, 0.2) is 0 Å². The number of likely N-dealkylation sites (N-methyl/N-ethyl adjacent to an activating group) is 1. The van der Waals surface area contributed by atoms with Crippen LogP contribution in [-0.2, 0) is 13.6 Å². The highest BCUT2D eigenvalue weighted by Gasteiger charge is 2.32. The first-order chi connectivity index (χ1) is 7.22. The second-order valence-corrected chi connectivity index (χ2v) is 4.51. The number of hydrogen-bond donors (Lipinski definition) is 1. The minimum atomic E-state index is 0.529. The highest BCUT2D eigenvalue weighted by molar-refractivity contribution is 4.94. The summed E-state index contributed by atoms with van der Waals surface area (Å²) in [6.07, 6.45) is 6.51. The number of hydrogen-bond acceptors (Lipinski definition) is 3. The molecule has 1 aromatic rings. The molecule has 0 aromatic carbocycles. The molecule has 0 amide bonds. The molecule has 2 rings (SSSR count). The van der Waals surface area contributed by atoms with Crippen LogP contribution >= 0.6 is 0 Å². The number of nitrogens with two attached hydrogens (primary N) is 1. The molecule has 1 fully saturated rings. The molecule has 84 valence electrons. The molecule has 1 aliphatic rings. The fourth-order valence-corrected chi connectivity index (χ4v) is 2.10. The number of aryl methyl sites for hydroxylation is 1. The number of imidazole rings is 1. The van der Waals surface area contributed by atoms with Crippen LogP contribution in [0.3, 0.4) is 0 Å². The summed E-state index contributed by atoms with van der Waals surface area (Å²) < 4.78 is 2.07. The molecule has 0 bridgehead atoms. The van der Waals surface area contributed by atoms with Crippen LogP contribution in [0.5, 0.6) is 0 Å². The molecule has 1 atom stereocenters. The fourth-order valence-electron chi connectivity index (χ4n) is 2.10. The summed E-state index contributed by atoms with van der Waals surface area (Å²) in [4.78, 5) is 6.67. The minimum Gasteiger partial charge on any atom is -0.337 e. The summed E-state index contributed by atoms with van der Waals surface area (Å²) in [7, 11) is 4.18. The Kier molecular flexibility index (Phi) is 3.07. The molecule has 0 radical (unpaired) electrons. The van der Waals surface area contributed by atoms with Crippen LogP contribution in [-0.4, -0.2) is 34.1 Å². The SMILES string of the molecule is CN(Cc1nccn1C)C(CN)C1CC1. The number of aromatic nitrogens is 2. The molecule has 0 aliphatic heterocycles. The van der Waals surface area contributed by atoms with Gasteiger partial charge in [-0.25, -0.2) is 4.98 Å². The average molecular weight is 208 g/mol. The maximum absolute atomic E-state index is 5.81. The van der Waals surface area contributed by atoms with E-state index in [-0.39, 0.29) is 0 Å². The van der Waals surface area contributed by atoms with Crippen molar-refractivity contribution in [3.8, 4) is 0 Å². The van der Waals surface area contributed by atoms with Crippen molar-refractivity contribution in [2.45, 2.75) is 25.4 Å². The van der Waals surface area contributed by atoms with Crippen molar-refractivity contribution in [2.24, 2.45) is 18.7 Å². The lowest BCUT2D eigenvalue weighted by Crippen LogP contribution is -2.39. The summed E-state index contributed by atoms with van der Waals surface area (Å²) in [6.45, 7) is 1.65. The summed E-state index contributed by atoms with van der Waals surface area (Å²) >= 11 is 0. The Hall–Kier alpha value is -0.870. The van der Waals surface area contributed by atoms with Gasteiger partial charge in [-0.2, -0.15) is 0 Å². The standard InChI is InChI=1S/C11H20N4/c1-14-6-5-13-11(14)8-15(2)10(7-12)9-3-4-9/h5-6,9-10H,3-4,7-8,12H2,1-2H3. The van der Waals surface area contributed by atoms with Crippen LogP contribution in [0.1, 0.15) is 18.7 Å². The van der Waals surface area contributed by atoms with E-state index in [2.05, 4.69) is 21.5 Å². The zero-order valence-electron chi connectivity index (χ0n) is 9.56. The second-order valence-electron chi connectivity index (χ2n) is 4.51. The van der Waals surface area contributed by atoms with Crippen molar-refractivity contribution in [1.29, 1.82) is 0 Å². The van der Waals surface area contributed by atoms with Gasteiger partial charge in [-0.15, -0.1) is 0 Å². The quantitative estimate of drug-likeness (QED) is 0.770. The molecule has 1 saturated carbocycles. The van der Waals surface area contributed by atoms with E-state index >= 15 is 0 Å². The van der Waals surface area contributed by atoms with Gasteiger partial charge in [-0.1, -0.05) is 0 Å². The predicted octanol–water partition coefficient (Wildman–Crippen LogP) is 0.589. The van der Waals surface area contributed by atoms with Crippen molar-refractivity contribution in [3.05, 3.63) is 18.2 Å². The lowest BCUT2D eigenvalue weighted by atomic mass is 10.1. The molecule has 1 heterocycles. The molecule has 4 nitrogen and oxygen atoms in total. The Bertz CT molecular complexity index is 316. The fraction of sp³-hybridized carbons (Fsp3) is 0.727. The van der Waals surface area contributed by atoms with Crippen LogP contribution in [0.2, 0.25) is 0 Å². The zero-order chi connectivity index (χ0) is 10.8. The molecular weight excluding hydrogens is 188 g/mol. The van der Waals surface area contributed by atoms with Crippen molar-refractivity contribution < 1.29 is 0 Å². The molecular formula is C11H20N4. The Morgan fingerprint density at radius 3 is 2.87 bits per heavy atom. The van der Waals surface area contributed by atoms with Crippen LogP contribution in [0.25, 0.3) is 0 Å². The van der Waals surface area contributed by atoms with E-state index in [1.807, 2.05) is 19.4 Å². The first-order valence-electron chi connectivity index (χ1n) is 5.59. The third kappa shape index (κ3) is 2.38. The van der Waals surface area contributed by atoms with E-state index in [1.165, 1.54) is 12.8 Å². The van der Waals surface area contributed by atoms with E-state index in [0.717, 1.165) is 24.8 Å². The zero-order valence-corrected chi connectivity index (χ0v) is 9.56. The highest BCUT2D eigenvalue weighted by atomic mass is 15.2. The van der Waals surface area contributed by atoms with Gasteiger partial charge in [-0.3, -0.25) is 4.90 Å².